The van der Waals surface area contributed by atoms with Crippen molar-refractivity contribution < 1.29 is 24.2 Å². The highest BCUT2D eigenvalue weighted by atomic mass is 35.5. The lowest BCUT2D eigenvalue weighted by atomic mass is 10.1. The van der Waals surface area contributed by atoms with Gasteiger partial charge in [0, 0.05) is 6.54 Å². The zero-order valence-corrected chi connectivity index (χ0v) is 12.6. The number of hydrogen-bond donors (Lipinski definition) is 3. The van der Waals surface area contributed by atoms with Gasteiger partial charge in [0.15, 0.2) is 11.5 Å². The third-order valence-corrected chi connectivity index (χ3v) is 2.51. The summed E-state index contributed by atoms with van der Waals surface area (Å²) in [5.74, 6) is -0.707. The van der Waals surface area contributed by atoms with Crippen LogP contribution in [-0.4, -0.2) is 36.9 Å². The maximum Gasteiger partial charge on any atom is 0.412 e. The fourth-order valence-corrected chi connectivity index (χ4v) is 1.54. The summed E-state index contributed by atoms with van der Waals surface area (Å²) in [6.07, 6.45) is -0.462. The molecule has 0 heterocycles. The van der Waals surface area contributed by atoms with Gasteiger partial charge >= 0.3 is 12.1 Å². The molecule has 0 saturated heterocycles. The predicted molar refractivity (Wildman–Crippen MR) is 78.8 cm³/mol. The van der Waals surface area contributed by atoms with Crippen LogP contribution in [0.15, 0.2) is 18.2 Å². The van der Waals surface area contributed by atoms with Gasteiger partial charge in [0.2, 0.25) is 0 Å². The Morgan fingerprint density at radius 2 is 2.10 bits per heavy atom. The number of carbonyl (C=O) groups is 2. The van der Waals surface area contributed by atoms with Crippen molar-refractivity contribution in [3.05, 3.63) is 23.8 Å². The third kappa shape index (κ3) is 5.88. The molecule has 0 unspecified atom stereocenters. The first kappa shape index (κ1) is 19.0. The van der Waals surface area contributed by atoms with Gasteiger partial charge in [-0.3, -0.25) is 4.79 Å². The number of nitrogens with one attached hydrogen (secondary N) is 1. The molecule has 0 radical (unpaired) electrons. The van der Waals surface area contributed by atoms with Gasteiger partial charge in [0.05, 0.1) is 7.11 Å². The van der Waals surface area contributed by atoms with Gasteiger partial charge < -0.3 is 25.6 Å². The number of methoxy groups -OCH3 is 1. The molecule has 1 amide bonds. The Morgan fingerprint density at radius 3 is 2.67 bits per heavy atom. The second-order valence-corrected chi connectivity index (χ2v) is 4.06. The highest BCUT2D eigenvalue weighted by molar-refractivity contribution is 5.85. The van der Waals surface area contributed by atoms with E-state index in [4.69, 9.17) is 10.5 Å². The zero-order valence-electron chi connectivity index (χ0n) is 11.8. The zero-order chi connectivity index (χ0) is 15.1. The summed E-state index contributed by atoms with van der Waals surface area (Å²) >= 11 is 0. The number of esters is 1. The lowest BCUT2D eigenvalue weighted by molar-refractivity contribution is -0.142. The molecular weight excluding hydrogens is 300 g/mol. The molecule has 1 atom stereocenters. The minimum Gasteiger partial charge on any atom is -0.504 e. The van der Waals surface area contributed by atoms with Crippen molar-refractivity contribution in [3.8, 4) is 11.5 Å². The Bertz CT molecular complexity index is 495. The van der Waals surface area contributed by atoms with Crippen LogP contribution in [0, 0.1) is 0 Å². The van der Waals surface area contributed by atoms with Crippen molar-refractivity contribution in [1.29, 1.82) is 0 Å². The first-order valence-corrected chi connectivity index (χ1v) is 6.08. The molecule has 0 aliphatic carbocycles. The minimum atomic E-state index is -0.818. The minimum absolute atomic E-state index is 0. The molecule has 21 heavy (non-hydrogen) atoms. The van der Waals surface area contributed by atoms with Gasteiger partial charge in [-0.05, 0) is 31.0 Å². The van der Waals surface area contributed by atoms with Crippen LogP contribution in [0.5, 0.6) is 11.5 Å². The Hall–Kier alpha value is -1.99. The van der Waals surface area contributed by atoms with Crippen molar-refractivity contribution in [2.75, 3.05) is 13.7 Å². The molecule has 0 aliphatic heterocycles. The number of nitrogens with two attached hydrogens (primary N) is 1. The fourth-order valence-electron chi connectivity index (χ4n) is 1.54. The van der Waals surface area contributed by atoms with Gasteiger partial charge in [0.25, 0.3) is 0 Å². The smallest absolute Gasteiger partial charge is 0.412 e. The summed E-state index contributed by atoms with van der Waals surface area (Å²) in [5.41, 5.74) is 6.28. The SMILES string of the molecule is CCNC(=O)Oc1cc(C[C@H](N)C(=O)OC)ccc1O.Cl. The molecule has 7 nitrogen and oxygen atoms in total. The lowest BCUT2D eigenvalue weighted by Crippen LogP contribution is -2.33. The number of carbonyl (C=O) groups excluding carboxylic acids is 2. The first-order valence-electron chi connectivity index (χ1n) is 6.08. The van der Waals surface area contributed by atoms with E-state index in [1.54, 1.807) is 13.0 Å². The molecule has 118 valence electrons. The van der Waals surface area contributed by atoms with E-state index in [0.29, 0.717) is 12.1 Å². The number of halogens is 1. The van der Waals surface area contributed by atoms with Crippen LogP contribution in [0.3, 0.4) is 0 Å². The van der Waals surface area contributed by atoms with Gasteiger partial charge in [-0.15, -0.1) is 12.4 Å². The van der Waals surface area contributed by atoms with E-state index in [1.807, 2.05) is 0 Å². The van der Waals surface area contributed by atoms with Crippen LogP contribution in [0.4, 0.5) is 4.79 Å². The van der Waals surface area contributed by atoms with Crippen molar-refractivity contribution in [1.82, 2.24) is 5.32 Å². The van der Waals surface area contributed by atoms with Crippen molar-refractivity contribution in [2.24, 2.45) is 5.73 Å². The van der Waals surface area contributed by atoms with Gasteiger partial charge in [0.1, 0.15) is 6.04 Å². The predicted octanol–water partition coefficient (Wildman–Crippen LogP) is 0.965. The molecule has 0 aromatic heterocycles. The summed E-state index contributed by atoms with van der Waals surface area (Å²) in [4.78, 5) is 22.5. The summed E-state index contributed by atoms with van der Waals surface area (Å²) in [7, 11) is 1.25. The number of amides is 1. The summed E-state index contributed by atoms with van der Waals surface area (Å²) in [6, 6.07) is 3.59. The molecule has 0 fully saturated rings. The van der Waals surface area contributed by atoms with Crippen LogP contribution in [-0.2, 0) is 16.0 Å². The Kier molecular flexibility index (Phi) is 8.18. The van der Waals surface area contributed by atoms with Crippen molar-refractivity contribution >= 4 is 24.5 Å². The highest BCUT2D eigenvalue weighted by Gasteiger charge is 2.16. The normalized spacial score (nSPS) is 11.0. The van der Waals surface area contributed by atoms with Crippen LogP contribution >= 0.6 is 12.4 Å². The van der Waals surface area contributed by atoms with Crippen LogP contribution in [0.1, 0.15) is 12.5 Å². The van der Waals surface area contributed by atoms with Crippen molar-refractivity contribution in [3.63, 3.8) is 0 Å². The molecule has 0 saturated carbocycles. The van der Waals surface area contributed by atoms with Crippen LogP contribution in [0.2, 0.25) is 0 Å². The number of benzene rings is 1. The van der Waals surface area contributed by atoms with E-state index < -0.39 is 18.1 Å². The third-order valence-electron chi connectivity index (χ3n) is 2.51. The van der Waals surface area contributed by atoms with E-state index >= 15 is 0 Å². The second kappa shape index (κ2) is 9.04. The quantitative estimate of drug-likeness (QED) is 0.697. The molecule has 0 bridgehead atoms. The topological polar surface area (TPSA) is 111 Å². The van der Waals surface area contributed by atoms with Gasteiger partial charge in [-0.2, -0.15) is 0 Å². The molecule has 1 rings (SSSR count). The molecular formula is C13H19ClN2O5. The largest absolute Gasteiger partial charge is 0.504 e. The van der Waals surface area contributed by atoms with E-state index in [0.717, 1.165) is 0 Å². The van der Waals surface area contributed by atoms with E-state index in [1.165, 1.54) is 19.2 Å². The average molecular weight is 319 g/mol. The summed E-state index contributed by atoms with van der Waals surface area (Å²) in [5, 5.41) is 12.1. The summed E-state index contributed by atoms with van der Waals surface area (Å²) in [6.45, 7) is 2.15. The number of rotatable bonds is 5. The number of ether oxygens (including phenoxy) is 2. The Morgan fingerprint density at radius 1 is 1.43 bits per heavy atom. The molecule has 0 spiro atoms. The molecule has 0 aliphatic rings. The average Bonchev–Trinajstić information content (AvgIpc) is 2.41. The molecule has 1 aromatic rings. The Labute approximate surface area is 128 Å². The number of phenolic OH excluding ortho intramolecular Hbond substituents is 1. The van der Waals surface area contributed by atoms with E-state index in [2.05, 4.69) is 10.1 Å². The van der Waals surface area contributed by atoms with Crippen LogP contribution in [0.25, 0.3) is 0 Å². The molecule has 8 heteroatoms. The van der Waals surface area contributed by atoms with Crippen molar-refractivity contribution in [2.45, 2.75) is 19.4 Å². The number of hydrogen-bond acceptors (Lipinski definition) is 6. The fraction of sp³-hybridized carbons (Fsp3) is 0.385. The number of aromatic hydroxyl groups is 1. The maximum atomic E-state index is 11.3. The van der Waals surface area contributed by atoms with E-state index in [9.17, 15) is 14.7 Å². The monoisotopic (exact) mass is 318 g/mol. The standard InChI is InChI=1S/C13H18N2O5.ClH/c1-3-15-13(18)20-11-7-8(4-5-10(11)16)6-9(14)12(17)19-2;/h4-5,7,9,16H,3,6,14H2,1-2H3,(H,15,18);1H/t9-;/m0./s1. The van der Waals surface area contributed by atoms with Crippen LogP contribution < -0.4 is 15.8 Å². The van der Waals surface area contributed by atoms with Gasteiger partial charge in [-0.25, -0.2) is 4.79 Å². The Balaban J connectivity index is 0.00000400. The maximum absolute atomic E-state index is 11.3. The first-order chi connectivity index (χ1) is 9.47. The second-order valence-electron chi connectivity index (χ2n) is 4.06. The highest BCUT2D eigenvalue weighted by Crippen LogP contribution is 2.27. The molecule has 4 N–H and O–H groups in total. The lowest BCUT2D eigenvalue weighted by Gasteiger charge is -2.11. The van der Waals surface area contributed by atoms with E-state index in [-0.39, 0.29) is 30.3 Å². The molecule has 1 aromatic carbocycles. The van der Waals surface area contributed by atoms with Gasteiger partial charge in [-0.1, -0.05) is 6.07 Å². The number of phenols is 1. The summed E-state index contributed by atoms with van der Waals surface area (Å²) < 4.78 is 9.46.